The molecule has 9 heteroatoms. The van der Waals surface area contributed by atoms with Gasteiger partial charge >= 0.3 is 0 Å². The van der Waals surface area contributed by atoms with E-state index in [1.54, 1.807) is 39.3 Å². The highest BCUT2D eigenvalue weighted by Crippen LogP contribution is 2.33. The van der Waals surface area contributed by atoms with E-state index in [-0.39, 0.29) is 11.7 Å². The third-order valence-electron chi connectivity index (χ3n) is 6.63. The van der Waals surface area contributed by atoms with Crippen LogP contribution < -0.4 is 20.7 Å². The number of likely N-dealkylation sites (N-methyl/N-ethyl adjacent to an activating group) is 2. The molecule has 0 bridgehead atoms. The minimum Gasteiger partial charge on any atom is -0.496 e. The molecule has 1 aliphatic heterocycles. The number of nitrogens with one attached hydrogen (secondary N) is 3. The second-order valence-electron chi connectivity index (χ2n) is 8.71. The van der Waals surface area contributed by atoms with Crippen LogP contribution in [0.1, 0.15) is 37.8 Å². The molecular weight excluding hydrogens is 459 g/mol. The van der Waals surface area contributed by atoms with Crippen LogP contribution in [0, 0.1) is 12.7 Å². The maximum absolute atomic E-state index is 14.6. The lowest BCUT2D eigenvalue weighted by molar-refractivity contribution is -0.134. The van der Waals surface area contributed by atoms with Crippen LogP contribution in [-0.2, 0) is 11.3 Å². The molecule has 2 aromatic carbocycles. The number of aryl methyl sites for hydroxylation is 1. The van der Waals surface area contributed by atoms with Crippen LogP contribution in [-0.4, -0.2) is 60.6 Å². The van der Waals surface area contributed by atoms with E-state index >= 15 is 0 Å². The summed E-state index contributed by atoms with van der Waals surface area (Å²) in [5.41, 5.74) is 1.80. The van der Waals surface area contributed by atoms with Crippen LogP contribution in [0.2, 0.25) is 0 Å². The molecule has 4 rings (SSSR count). The van der Waals surface area contributed by atoms with Crippen molar-refractivity contribution in [2.75, 3.05) is 39.6 Å². The Bertz CT molecular complexity index is 1200. The quantitative estimate of drug-likeness (QED) is 0.453. The zero-order valence-electron chi connectivity index (χ0n) is 22.0. The highest BCUT2D eigenvalue weighted by molar-refractivity contribution is 5.92. The first-order valence-corrected chi connectivity index (χ1v) is 12.4. The van der Waals surface area contributed by atoms with Gasteiger partial charge in [-0.1, -0.05) is 26.0 Å². The number of ether oxygens (including phenoxy) is 1. The van der Waals surface area contributed by atoms with E-state index in [4.69, 9.17) is 4.74 Å². The number of piperidine rings is 1. The number of hydrogen-bond donors (Lipinski definition) is 3. The summed E-state index contributed by atoms with van der Waals surface area (Å²) in [5, 5.41) is 10.0. The van der Waals surface area contributed by atoms with E-state index in [0.717, 1.165) is 30.3 Å². The zero-order valence-corrected chi connectivity index (χ0v) is 22.0. The Morgan fingerprint density at radius 3 is 2.72 bits per heavy atom. The number of nitrogens with zero attached hydrogens (tertiary/aromatic N) is 3. The Balaban J connectivity index is 0.00000176. The van der Waals surface area contributed by atoms with Gasteiger partial charge in [0.2, 0.25) is 5.91 Å². The highest BCUT2D eigenvalue weighted by Gasteiger charge is 2.42. The standard InChI is InChI=1S/C25H31FN6O2.C2H6/c1-16-7-5-8-19(22(16)26)31-23-18-11-17(21(34-4)12-20(18)29-15-30-23)13-32(3)25(24(33)27-2)9-6-10-28-14-25;1-2/h5,7-8,11-12,15,28H,6,9-10,13-14H2,1-4H3,(H,27,33)(H,29,30,31);1-2H3. The van der Waals surface area contributed by atoms with Gasteiger partial charge in [-0.25, -0.2) is 14.4 Å². The molecule has 0 aliphatic carbocycles. The maximum Gasteiger partial charge on any atom is 0.241 e. The molecule has 2 heterocycles. The van der Waals surface area contributed by atoms with Crippen molar-refractivity contribution < 1.29 is 13.9 Å². The molecular formula is C27H37FN6O2. The molecule has 3 aromatic rings. The van der Waals surface area contributed by atoms with E-state index < -0.39 is 5.54 Å². The summed E-state index contributed by atoms with van der Waals surface area (Å²) in [5.74, 6) is 0.839. The number of rotatable bonds is 7. The first kappa shape index (κ1) is 27.3. The first-order chi connectivity index (χ1) is 17.4. The molecule has 3 N–H and O–H groups in total. The fraction of sp³-hybridized carbons (Fsp3) is 0.444. The van der Waals surface area contributed by atoms with Crippen molar-refractivity contribution in [1.29, 1.82) is 0 Å². The number of aromatic nitrogens is 2. The Morgan fingerprint density at radius 1 is 1.28 bits per heavy atom. The van der Waals surface area contributed by atoms with Gasteiger partial charge in [0.1, 0.15) is 29.3 Å². The molecule has 0 spiro atoms. The second kappa shape index (κ2) is 12.1. The molecule has 0 radical (unpaired) electrons. The van der Waals surface area contributed by atoms with Gasteiger partial charge in [0.05, 0.1) is 18.3 Å². The minimum atomic E-state index is -0.661. The van der Waals surface area contributed by atoms with Gasteiger partial charge in [-0.15, -0.1) is 0 Å². The van der Waals surface area contributed by atoms with Crippen LogP contribution in [0.5, 0.6) is 5.75 Å². The molecule has 1 atom stereocenters. The molecule has 1 aliphatic rings. The monoisotopic (exact) mass is 496 g/mol. The summed E-state index contributed by atoms with van der Waals surface area (Å²) in [6, 6.07) is 9.00. The summed E-state index contributed by atoms with van der Waals surface area (Å²) in [6.45, 7) is 7.66. The van der Waals surface area contributed by atoms with Crippen molar-refractivity contribution >= 4 is 28.3 Å². The number of carbonyl (C=O) groups excluding carboxylic acids is 1. The van der Waals surface area contributed by atoms with E-state index in [0.29, 0.717) is 41.4 Å². The van der Waals surface area contributed by atoms with E-state index in [9.17, 15) is 9.18 Å². The third kappa shape index (κ3) is 5.42. The number of hydrogen-bond acceptors (Lipinski definition) is 7. The van der Waals surface area contributed by atoms with Crippen LogP contribution >= 0.6 is 0 Å². The normalized spacial score (nSPS) is 17.3. The SMILES string of the molecule is CC.CNC(=O)C1(N(C)Cc2cc3c(Nc4cccc(C)c4F)ncnc3cc2OC)CCCNC1. The Morgan fingerprint density at radius 2 is 2.06 bits per heavy atom. The van der Waals surface area contributed by atoms with Gasteiger partial charge in [-0.3, -0.25) is 9.69 Å². The average Bonchev–Trinajstić information content (AvgIpc) is 2.92. The second-order valence-corrected chi connectivity index (χ2v) is 8.71. The predicted molar refractivity (Wildman–Crippen MR) is 142 cm³/mol. The smallest absolute Gasteiger partial charge is 0.241 e. The van der Waals surface area contributed by atoms with Gasteiger partial charge in [0.15, 0.2) is 0 Å². The molecule has 1 amide bonds. The number of carbonyl (C=O) groups is 1. The third-order valence-corrected chi connectivity index (χ3v) is 6.63. The first-order valence-electron chi connectivity index (χ1n) is 12.4. The molecule has 1 fully saturated rings. The number of fused-ring (bicyclic) bond motifs is 1. The van der Waals surface area contributed by atoms with Crippen molar-refractivity contribution in [2.24, 2.45) is 0 Å². The number of methoxy groups -OCH3 is 1. The van der Waals surface area contributed by atoms with E-state index in [2.05, 4.69) is 30.8 Å². The fourth-order valence-electron chi connectivity index (χ4n) is 4.64. The summed E-state index contributed by atoms with van der Waals surface area (Å²) < 4.78 is 20.3. The van der Waals surface area contributed by atoms with Crippen LogP contribution in [0.25, 0.3) is 10.9 Å². The lowest BCUT2D eigenvalue weighted by atomic mass is 9.87. The predicted octanol–water partition coefficient (Wildman–Crippen LogP) is 4.16. The maximum atomic E-state index is 14.6. The van der Waals surface area contributed by atoms with Crippen molar-refractivity contribution in [1.82, 2.24) is 25.5 Å². The topological polar surface area (TPSA) is 91.4 Å². The lowest BCUT2D eigenvalue weighted by Crippen LogP contribution is -2.63. The van der Waals surface area contributed by atoms with E-state index in [1.807, 2.05) is 33.0 Å². The van der Waals surface area contributed by atoms with Crippen LogP contribution in [0.3, 0.4) is 0 Å². The molecule has 1 unspecified atom stereocenters. The van der Waals surface area contributed by atoms with Crippen LogP contribution in [0.4, 0.5) is 15.9 Å². The number of halogens is 1. The Labute approximate surface area is 212 Å². The van der Waals surface area contributed by atoms with Gasteiger partial charge in [0, 0.05) is 37.2 Å². The van der Waals surface area contributed by atoms with Gasteiger partial charge in [-0.05, 0) is 51.1 Å². The summed E-state index contributed by atoms with van der Waals surface area (Å²) in [7, 11) is 5.24. The van der Waals surface area contributed by atoms with Crippen LogP contribution in [0.15, 0.2) is 36.7 Å². The zero-order chi connectivity index (χ0) is 26.3. The van der Waals surface area contributed by atoms with Crippen molar-refractivity contribution in [3.05, 3.63) is 53.6 Å². The summed E-state index contributed by atoms with van der Waals surface area (Å²) in [4.78, 5) is 23.7. The van der Waals surface area contributed by atoms with Gasteiger partial charge in [-0.2, -0.15) is 0 Å². The fourth-order valence-corrected chi connectivity index (χ4v) is 4.64. The molecule has 36 heavy (non-hydrogen) atoms. The van der Waals surface area contributed by atoms with Gasteiger partial charge < -0.3 is 20.7 Å². The summed E-state index contributed by atoms with van der Waals surface area (Å²) in [6.07, 6.45) is 3.11. The summed E-state index contributed by atoms with van der Waals surface area (Å²) >= 11 is 0. The molecule has 1 saturated heterocycles. The molecule has 1 aromatic heterocycles. The van der Waals surface area contributed by atoms with Crippen molar-refractivity contribution in [2.45, 2.75) is 45.7 Å². The molecule has 0 saturated carbocycles. The lowest BCUT2D eigenvalue weighted by Gasteiger charge is -2.43. The van der Waals surface area contributed by atoms with Crippen molar-refractivity contribution in [3.8, 4) is 5.75 Å². The Hall–Kier alpha value is -3.30. The number of anilines is 2. The minimum absolute atomic E-state index is 0.0115. The number of amides is 1. The largest absolute Gasteiger partial charge is 0.496 e. The van der Waals surface area contributed by atoms with Gasteiger partial charge in [0.25, 0.3) is 0 Å². The highest BCUT2D eigenvalue weighted by atomic mass is 19.1. The molecule has 194 valence electrons. The Kier molecular flexibility index (Phi) is 9.17. The van der Waals surface area contributed by atoms with E-state index in [1.165, 1.54) is 6.33 Å². The molecule has 8 nitrogen and oxygen atoms in total. The van der Waals surface area contributed by atoms with Crippen molar-refractivity contribution in [3.63, 3.8) is 0 Å². The average molecular weight is 497 g/mol. The number of benzene rings is 2.